The van der Waals surface area contributed by atoms with Crippen molar-refractivity contribution in [3.63, 3.8) is 0 Å². The zero-order chi connectivity index (χ0) is 15.6. The summed E-state index contributed by atoms with van der Waals surface area (Å²) < 4.78 is 5.80. The van der Waals surface area contributed by atoms with Gasteiger partial charge in [0.05, 0.1) is 16.7 Å². The number of non-ortho nitro benzene ring substituents is 1. The molecule has 1 atom stereocenters. The van der Waals surface area contributed by atoms with Crippen molar-refractivity contribution in [3.05, 3.63) is 56.2 Å². The summed E-state index contributed by atoms with van der Waals surface area (Å²) in [5.41, 5.74) is 0.0299. The monoisotopic (exact) mass is 353 g/mol. The summed E-state index contributed by atoms with van der Waals surface area (Å²) in [7, 11) is 0. The average Bonchev–Trinajstić information content (AvgIpc) is 2.85. The number of carbonyl (C=O) groups excluding carboxylic acids is 1. The highest BCUT2D eigenvalue weighted by Gasteiger charge is 2.19. The fraction of sp³-hybridized carbons (Fsp3) is 0.231. The molecule has 1 heterocycles. The minimum atomic E-state index is -0.551. The molecule has 0 fully saturated rings. The third-order valence-electron chi connectivity index (χ3n) is 2.76. The minimum absolute atomic E-state index is 0.150. The number of nitro groups is 1. The summed E-state index contributed by atoms with van der Waals surface area (Å²) in [5, 5.41) is 13.5. The van der Waals surface area contributed by atoms with Crippen molar-refractivity contribution < 1.29 is 14.1 Å². The molecule has 1 aromatic heterocycles. The van der Waals surface area contributed by atoms with E-state index in [1.807, 2.05) is 0 Å². The van der Waals surface area contributed by atoms with Crippen LogP contribution in [0.4, 0.5) is 5.69 Å². The highest BCUT2D eigenvalue weighted by molar-refractivity contribution is 9.10. The molecule has 0 saturated heterocycles. The van der Waals surface area contributed by atoms with Crippen LogP contribution in [0, 0.1) is 17.0 Å². The van der Waals surface area contributed by atoms with E-state index < -0.39 is 16.9 Å². The number of nitrogens with zero attached hydrogens (tertiary/aromatic N) is 2. The molecule has 0 spiro atoms. The zero-order valence-corrected chi connectivity index (χ0v) is 12.9. The number of benzene rings is 1. The predicted octanol–water partition coefficient (Wildman–Crippen LogP) is 3.14. The van der Waals surface area contributed by atoms with Crippen molar-refractivity contribution in [1.29, 1.82) is 0 Å². The summed E-state index contributed by atoms with van der Waals surface area (Å²) >= 11 is 3.21. The van der Waals surface area contributed by atoms with Crippen LogP contribution in [0.2, 0.25) is 0 Å². The lowest BCUT2D eigenvalue weighted by Crippen LogP contribution is -2.27. The van der Waals surface area contributed by atoms with Gasteiger partial charge in [-0.2, -0.15) is 0 Å². The summed E-state index contributed by atoms with van der Waals surface area (Å²) in [6.45, 7) is 3.47. The Bertz CT molecular complexity index is 698. The van der Waals surface area contributed by atoms with Crippen LogP contribution in [-0.4, -0.2) is 15.8 Å². The van der Waals surface area contributed by atoms with Crippen LogP contribution in [0.5, 0.6) is 0 Å². The van der Waals surface area contributed by atoms with Gasteiger partial charge < -0.3 is 9.73 Å². The van der Waals surface area contributed by atoms with Crippen LogP contribution in [0.1, 0.15) is 35.0 Å². The van der Waals surface area contributed by atoms with E-state index in [9.17, 15) is 14.9 Å². The first-order valence-corrected chi connectivity index (χ1v) is 6.85. The Morgan fingerprint density at radius 3 is 2.81 bits per heavy atom. The lowest BCUT2D eigenvalue weighted by Gasteiger charge is -2.11. The van der Waals surface area contributed by atoms with Crippen molar-refractivity contribution in [1.82, 2.24) is 10.3 Å². The highest BCUT2D eigenvalue weighted by Crippen LogP contribution is 2.23. The molecule has 0 radical (unpaired) electrons. The Hall–Kier alpha value is -2.22. The second-order valence-corrected chi connectivity index (χ2v) is 5.28. The average molecular weight is 354 g/mol. The van der Waals surface area contributed by atoms with E-state index >= 15 is 0 Å². The fourth-order valence-corrected chi connectivity index (χ4v) is 2.14. The normalized spacial score (nSPS) is 12.0. The molecule has 7 nitrogen and oxygen atoms in total. The van der Waals surface area contributed by atoms with Crippen molar-refractivity contribution in [2.45, 2.75) is 19.9 Å². The van der Waals surface area contributed by atoms with Gasteiger partial charge in [0.1, 0.15) is 11.8 Å². The Kier molecular flexibility index (Phi) is 4.37. The molecule has 0 saturated carbocycles. The molecule has 0 bridgehead atoms. The first-order chi connectivity index (χ1) is 9.88. The standard InChI is InChI=1S/C13H12BrN3O4/c1-7-6-15-13(21-7)8(2)16-12(18)10-5-9(17(19)20)3-4-11(10)14/h3-6,8H,1-2H3,(H,16,18). The van der Waals surface area contributed by atoms with Crippen LogP contribution in [0.3, 0.4) is 0 Å². The number of amides is 1. The van der Waals surface area contributed by atoms with Gasteiger partial charge in [0.25, 0.3) is 11.6 Å². The molecular weight excluding hydrogens is 342 g/mol. The van der Waals surface area contributed by atoms with Crippen LogP contribution >= 0.6 is 15.9 Å². The van der Waals surface area contributed by atoms with Crippen molar-refractivity contribution in [2.75, 3.05) is 0 Å². The van der Waals surface area contributed by atoms with Gasteiger partial charge in [0.2, 0.25) is 5.89 Å². The summed E-state index contributed by atoms with van der Waals surface area (Å²) in [4.78, 5) is 26.4. The minimum Gasteiger partial charge on any atom is -0.444 e. The lowest BCUT2D eigenvalue weighted by atomic mass is 10.2. The van der Waals surface area contributed by atoms with Crippen molar-refractivity contribution in [2.24, 2.45) is 0 Å². The lowest BCUT2D eigenvalue weighted by molar-refractivity contribution is -0.384. The molecule has 110 valence electrons. The molecular formula is C13H12BrN3O4. The Balaban J connectivity index is 2.20. The number of nitro benzene ring substituents is 1. The van der Waals surface area contributed by atoms with E-state index in [4.69, 9.17) is 4.42 Å². The maximum Gasteiger partial charge on any atom is 0.270 e. The van der Waals surface area contributed by atoms with E-state index in [0.717, 1.165) is 0 Å². The molecule has 2 aromatic rings. The smallest absolute Gasteiger partial charge is 0.270 e. The largest absolute Gasteiger partial charge is 0.444 e. The van der Waals surface area contributed by atoms with Gasteiger partial charge in [-0.3, -0.25) is 14.9 Å². The predicted molar refractivity (Wildman–Crippen MR) is 77.9 cm³/mol. The number of aromatic nitrogens is 1. The summed E-state index contributed by atoms with van der Waals surface area (Å²) in [5.74, 6) is 0.568. The highest BCUT2D eigenvalue weighted by atomic mass is 79.9. The van der Waals surface area contributed by atoms with Crippen molar-refractivity contribution in [3.8, 4) is 0 Å². The summed E-state index contributed by atoms with van der Waals surface area (Å²) in [6.07, 6.45) is 1.56. The molecule has 0 aliphatic rings. The molecule has 8 heteroatoms. The molecule has 1 aromatic carbocycles. The van der Waals surface area contributed by atoms with Crippen LogP contribution in [-0.2, 0) is 0 Å². The second kappa shape index (κ2) is 6.04. The molecule has 2 rings (SSSR count). The van der Waals surface area contributed by atoms with E-state index in [-0.39, 0.29) is 11.3 Å². The maximum atomic E-state index is 12.2. The number of halogens is 1. The second-order valence-electron chi connectivity index (χ2n) is 4.43. The van der Waals surface area contributed by atoms with Gasteiger partial charge in [0, 0.05) is 16.6 Å². The molecule has 1 amide bonds. The SMILES string of the molecule is Cc1cnc(C(C)NC(=O)c2cc([N+](=O)[O-])ccc2Br)o1. The number of hydrogen-bond acceptors (Lipinski definition) is 5. The van der Waals surface area contributed by atoms with Crippen LogP contribution in [0.25, 0.3) is 0 Å². The van der Waals surface area contributed by atoms with Gasteiger partial charge in [-0.25, -0.2) is 4.98 Å². The molecule has 1 unspecified atom stereocenters. The van der Waals surface area contributed by atoms with E-state index in [1.165, 1.54) is 18.2 Å². The van der Waals surface area contributed by atoms with Gasteiger partial charge in [-0.1, -0.05) is 0 Å². The maximum absolute atomic E-state index is 12.2. The van der Waals surface area contributed by atoms with Gasteiger partial charge in [0.15, 0.2) is 0 Å². The van der Waals surface area contributed by atoms with E-state index in [1.54, 1.807) is 20.0 Å². The number of rotatable bonds is 4. The number of oxazole rings is 1. The zero-order valence-electron chi connectivity index (χ0n) is 11.3. The Morgan fingerprint density at radius 1 is 1.52 bits per heavy atom. The third-order valence-corrected chi connectivity index (χ3v) is 3.45. The number of carbonyl (C=O) groups is 1. The number of nitrogens with one attached hydrogen (secondary N) is 1. The third kappa shape index (κ3) is 3.46. The molecule has 1 N–H and O–H groups in total. The van der Waals surface area contributed by atoms with Gasteiger partial charge >= 0.3 is 0 Å². The Morgan fingerprint density at radius 2 is 2.24 bits per heavy atom. The quantitative estimate of drug-likeness (QED) is 0.672. The van der Waals surface area contributed by atoms with E-state index in [0.29, 0.717) is 16.1 Å². The molecule has 21 heavy (non-hydrogen) atoms. The number of aryl methyl sites for hydroxylation is 1. The van der Waals surface area contributed by atoms with Crippen LogP contribution in [0.15, 0.2) is 33.3 Å². The topological polar surface area (TPSA) is 98.3 Å². The number of hydrogen-bond donors (Lipinski definition) is 1. The fourth-order valence-electron chi connectivity index (χ4n) is 1.71. The van der Waals surface area contributed by atoms with Crippen molar-refractivity contribution >= 4 is 27.5 Å². The van der Waals surface area contributed by atoms with E-state index in [2.05, 4.69) is 26.2 Å². The molecule has 0 aliphatic heterocycles. The Labute approximate surface area is 128 Å². The van der Waals surface area contributed by atoms with Gasteiger partial charge in [-0.05, 0) is 35.8 Å². The van der Waals surface area contributed by atoms with Crippen LogP contribution < -0.4 is 5.32 Å². The van der Waals surface area contributed by atoms with Gasteiger partial charge in [-0.15, -0.1) is 0 Å². The first kappa shape index (κ1) is 15.2. The molecule has 0 aliphatic carbocycles. The first-order valence-electron chi connectivity index (χ1n) is 6.05. The summed E-state index contributed by atoms with van der Waals surface area (Å²) in [6, 6.07) is 3.55.